The molecule has 196 valence electrons. The number of carbonyl (C=O) groups excluding carboxylic acids is 2. The summed E-state index contributed by atoms with van der Waals surface area (Å²) in [5.41, 5.74) is 8.41. The zero-order valence-corrected chi connectivity index (χ0v) is 22.1. The first kappa shape index (κ1) is 31.1. The van der Waals surface area contributed by atoms with Crippen molar-refractivity contribution in [3.05, 3.63) is 52.4 Å². The minimum atomic E-state index is -3.76. The summed E-state index contributed by atoms with van der Waals surface area (Å²) in [5, 5.41) is 3.07. The van der Waals surface area contributed by atoms with Gasteiger partial charge in [-0.25, -0.2) is 17.9 Å². The van der Waals surface area contributed by atoms with Crippen LogP contribution in [0.15, 0.2) is 46.4 Å². The van der Waals surface area contributed by atoms with Crippen LogP contribution in [0.25, 0.3) is 10.4 Å². The third-order valence-electron chi connectivity index (χ3n) is 4.70. The van der Waals surface area contributed by atoms with E-state index in [1.807, 2.05) is 13.0 Å². The summed E-state index contributed by atoms with van der Waals surface area (Å²) in [4.78, 5) is 26.6. The summed E-state index contributed by atoms with van der Waals surface area (Å²) in [6.07, 6.45) is 11.9. The van der Waals surface area contributed by atoms with Crippen molar-refractivity contribution in [1.29, 1.82) is 0 Å². The first-order valence-electron chi connectivity index (χ1n) is 11.4. The molecule has 36 heavy (non-hydrogen) atoms. The number of rotatable bonds is 17. The molecule has 0 bridgehead atoms. The van der Waals surface area contributed by atoms with E-state index in [1.165, 1.54) is 36.0 Å². The van der Waals surface area contributed by atoms with E-state index in [0.717, 1.165) is 25.7 Å². The number of nitrogens with one attached hydrogen (secondary N) is 1. The molecule has 2 unspecified atom stereocenters. The largest absolute Gasteiger partial charge is 0.465 e. The molecule has 0 aliphatic heterocycles. The fourth-order valence-electron chi connectivity index (χ4n) is 2.86. The maximum atomic E-state index is 12.4. The van der Waals surface area contributed by atoms with Gasteiger partial charge in [0.2, 0.25) is 10.0 Å². The van der Waals surface area contributed by atoms with Gasteiger partial charge in [-0.2, -0.15) is 0 Å². The van der Waals surface area contributed by atoms with Crippen molar-refractivity contribution in [3.8, 4) is 12.3 Å². The van der Waals surface area contributed by atoms with Crippen LogP contribution in [0.2, 0.25) is 0 Å². The predicted molar refractivity (Wildman–Crippen MR) is 140 cm³/mol. The lowest BCUT2D eigenvalue weighted by Crippen LogP contribution is -2.24. The number of sulfonamides is 1. The van der Waals surface area contributed by atoms with E-state index in [9.17, 15) is 18.0 Å². The molecule has 2 atom stereocenters. The standard InChI is InChI=1S/C24H32N4O6S2/c1-4-17-33-24(30)21-11-13-22(14-12-21)36(31,32)27-16-9-10-19(2)35-20(3)23(29)34-18-8-6-5-7-15-26-28-25/h1,9-14,19-20,27H,5-8,15-18H2,2-3H3/b10-9+. The van der Waals surface area contributed by atoms with Gasteiger partial charge in [0.1, 0.15) is 5.25 Å². The lowest BCUT2D eigenvalue weighted by molar-refractivity contribution is -0.142. The second-order valence-corrected chi connectivity index (χ2v) is 11.1. The SMILES string of the molecule is C#CCOC(=O)c1ccc(S(=O)(=O)NC/C=C/C(C)SC(C)C(=O)OCCCCCCN=[N+]=[N-])cc1. The normalized spacial score (nSPS) is 12.8. The average molecular weight is 537 g/mol. The predicted octanol–water partition coefficient (Wildman–Crippen LogP) is 4.24. The van der Waals surface area contributed by atoms with Gasteiger partial charge in [0, 0.05) is 23.3 Å². The van der Waals surface area contributed by atoms with E-state index >= 15 is 0 Å². The number of ether oxygens (including phenoxy) is 2. The van der Waals surface area contributed by atoms with Crippen molar-refractivity contribution in [3.63, 3.8) is 0 Å². The van der Waals surface area contributed by atoms with Crippen molar-refractivity contribution < 1.29 is 27.5 Å². The summed E-state index contributed by atoms with van der Waals surface area (Å²) in [5.74, 6) is 1.27. The molecule has 0 heterocycles. The Hall–Kier alpha value is -2.97. The van der Waals surface area contributed by atoms with Crippen molar-refractivity contribution >= 4 is 33.7 Å². The molecule has 0 radical (unpaired) electrons. The molecular formula is C24H32N4O6S2. The third-order valence-corrected chi connectivity index (χ3v) is 7.32. The molecule has 0 saturated heterocycles. The number of hydrogen-bond donors (Lipinski definition) is 1. The molecule has 0 fully saturated rings. The van der Waals surface area contributed by atoms with E-state index in [4.69, 9.17) is 21.4 Å². The van der Waals surface area contributed by atoms with Crippen LogP contribution in [-0.2, 0) is 24.3 Å². The summed E-state index contributed by atoms with van der Waals surface area (Å²) >= 11 is 1.41. The number of esters is 2. The fraction of sp³-hybridized carbons (Fsp3) is 0.500. The van der Waals surface area contributed by atoms with Gasteiger partial charge < -0.3 is 9.47 Å². The van der Waals surface area contributed by atoms with Gasteiger partial charge in [-0.05, 0) is 56.5 Å². The average Bonchev–Trinajstić information content (AvgIpc) is 2.86. The molecule has 0 aliphatic carbocycles. The highest BCUT2D eigenvalue weighted by Gasteiger charge is 2.17. The molecule has 1 aromatic rings. The highest BCUT2D eigenvalue weighted by Crippen LogP contribution is 2.20. The zero-order valence-electron chi connectivity index (χ0n) is 20.5. The van der Waals surface area contributed by atoms with Crippen LogP contribution < -0.4 is 4.72 Å². The first-order valence-corrected chi connectivity index (χ1v) is 13.8. The molecule has 0 amide bonds. The Kier molecular flexibility index (Phi) is 15.1. The number of nitrogens with zero attached hydrogens (tertiary/aromatic N) is 3. The Balaban J connectivity index is 2.36. The van der Waals surface area contributed by atoms with Crippen molar-refractivity contribution in [2.45, 2.75) is 54.9 Å². The number of unbranched alkanes of at least 4 members (excludes halogenated alkanes) is 3. The lowest BCUT2D eigenvalue weighted by atomic mass is 10.2. The third kappa shape index (κ3) is 12.7. The van der Waals surface area contributed by atoms with Crippen molar-refractivity contribution in [2.75, 3.05) is 26.3 Å². The topological polar surface area (TPSA) is 148 Å². The van der Waals surface area contributed by atoms with E-state index in [0.29, 0.717) is 13.2 Å². The maximum absolute atomic E-state index is 12.4. The molecule has 0 spiro atoms. The first-order chi connectivity index (χ1) is 17.2. The quantitative estimate of drug-likeness (QED) is 0.0595. The van der Waals surface area contributed by atoms with Crippen molar-refractivity contribution in [1.82, 2.24) is 4.72 Å². The monoisotopic (exact) mass is 536 g/mol. The molecule has 1 N–H and O–H groups in total. The minimum Gasteiger partial charge on any atom is -0.465 e. The Labute approximate surface area is 216 Å². The number of azide groups is 1. The van der Waals surface area contributed by atoms with E-state index in [1.54, 1.807) is 13.0 Å². The highest BCUT2D eigenvalue weighted by molar-refractivity contribution is 8.01. The fourth-order valence-corrected chi connectivity index (χ4v) is 4.86. The number of terminal acetylenes is 1. The Bertz CT molecular complexity index is 1060. The number of thioether (sulfide) groups is 1. The van der Waals surface area contributed by atoms with E-state index < -0.39 is 16.0 Å². The highest BCUT2D eigenvalue weighted by atomic mass is 32.2. The van der Waals surface area contributed by atoms with Crippen LogP contribution >= 0.6 is 11.8 Å². The number of benzene rings is 1. The van der Waals surface area contributed by atoms with Crippen LogP contribution in [0.3, 0.4) is 0 Å². The van der Waals surface area contributed by atoms with Crippen LogP contribution in [0.1, 0.15) is 49.9 Å². The van der Waals surface area contributed by atoms with Gasteiger partial charge in [0.15, 0.2) is 6.61 Å². The molecule has 12 heteroatoms. The number of hydrogen-bond acceptors (Lipinski definition) is 8. The molecule has 1 aromatic carbocycles. The van der Waals surface area contributed by atoms with Gasteiger partial charge in [-0.15, -0.1) is 18.2 Å². The molecule has 1 rings (SSSR count). The second-order valence-electron chi connectivity index (χ2n) is 7.60. The molecule has 0 aliphatic rings. The Morgan fingerprint density at radius 3 is 2.56 bits per heavy atom. The van der Waals surface area contributed by atoms with Gasteiger partial charge in [-0.3, -0.25) is 4.79 Å². The Morgan fingerprint density at radius 2 is 1.89 bits per heavy atom. The molecule has 0 aromatic heterocycles. The van der Waals surface area contributed by atoms with Crippen LogP contribution in [-0.4, -0.2) is 57.2 Å². The summed E-state index contributed by atoms with van der Waals surface area (Å²) < 4.78 is 37.4. The number of carbonyl (C=O) groups is 2. The van der Waals surface area contributed by atoms with Crippen molar-refractivity contribution in [2.24, 2.45) is 5.11 Å². The van der Waals surface area contributed by atoms with Gasteiger partial charge >= 0.3 is 11.9 Å². The van der Waals surface area contributed by atoms with E-state index in [-0.39, 0.29) is 40.1 Å². The molecular weight excluding hydrogens is 504 g/mol. The zero-order chi connectivity index (χ0) is 26.8. The maximum Gasteiger partial charge on any atom is 0.339 e. The van der Waals surface area contributed by atoms with Gasteiger partial charge in [0.25, 0.3) is 0 Å². The molecule has 10 nitrogen and oxygen atoms in total. The van der Waals surface area contributed by atoms with Crippen LogP contribution in [0.4, 0.5) is 0 Å². The smallest absolute Gasteiger partial charge is 0.339 e. The van der Waals surface area contributed by atoms with Gasteiger partial charge in [-0.1, -0.05) is 36.0 Å². The molecule has 0 saturated carbocycles. The summed E-state index contributed by atoms with van der Waals surface area (Å²) in [6, 6.07) is 5.34. The second kappa shape index (κ2) is 17.5. The summed E-state index contributed by atoms with van der Waals surface area (Å²) in [7, 11) is -3.76. The van der Waals surface area contributed by atoms with E-state index in [2.05, 4.69) is 20.7 Å². The lowest BCUT2D eigenvalue weighted by Gasteiger charge is -2.14. The van der Waals surface area contributed by atoms with Crippen LogP contribution in [0.5, 0.6) is 0 Å². The Morgan fingerprint density at radius 1 is 1.19 bits per heavy atom. The van der Waals surface area contributed by atoms with Gasteiger partial charge in [0.05, 0.1) is 17.1 Å². The summed E-state index contributed by atoms with van der Waals surface area (Å²) in [6.45, 7) is 4.41. The van der Waals surface area contributed by atoms with Crippen LogP contribution in [0, 0.1) is 12.3 Å². The minimum absolute atomic E-state index is 0.0128.